The van der Waals surface area contributed by atoms with Crippen molar-refractivity contribution >= 4 is 55.8 Å². The number of fused-ring (bicyclic) bond motifs is 4. The van der Waals surface area contributed by atoms with Gasteiger partial charge in [0.05, 0.1) is 39.6 Å². The Morgan fingerprint density at radius 2 is 0.979 bits per heavy atom. The summed E-state index contributed by atoms with van der Waals surface area (Å²) in [5.74, 6) is 0. The number of aryl methyl sites for hydroxylation is 1. The summed E-state index contributed by atoms with van der Waals surface area (Å²) in [6.07, 6.45) is 0. The Balaban J connectivity index is 1.35. The van der Waals surface area contributed by atoms with Gasteiger partial charge in [0.1, 0.15) is 0 Å². The lowest BCUT2D eigenvalue weighted by Gasteiger charge is -2.40. The molecule has 0 unspecified atom stereocenters. The monoisotopic (exact) mass is 601 g/mol. The summed E-state index contributed by atoms with van der Waals surface area (Å²) in [6, 6.07) is 60.8. The first kappa shape index (κ1) is 27.1. The van der Waals surface area contributed by atoms with Gasteiger partial charge in [0.2, 0.25) is 0 Å². The van der Waals surface area contributed by atoms with Crippen molar-refractivity contribution in [3.05, 3.63) is 175 Å². The van der Waals surface area contributed by atoms with E-state index < -0.39 is 0 Å². The molecule has 47 heavy (non-hydrogen) atoms. The highest BCUT2D eigenvalue weighted by atomic mass is 15.3. The molecule has 0 saturated heterocycles. The van der Waals surface area contributed by atoms with E-state index in [9.17, 15) is 0 Å². The van der Waals surface area contributed by atoms with Gasteiger partial charge < -0.3 is 9.80 Å². The standard InChI is InChI=1S/C44H31N3/c1-30-25-27-32(28-26-30)38-29-37(35-18-11-14-31-13-5-6-17-34(31)35)36-19-12-24-43(44(36)45-38)47-41-22-9-7-20-39(41)46(33-15-3-2-4-16-33)40-21-8-10-23-42(40)47/h2-29H,1H3. The van der Waals surface area contributed by atoms with Crippen LogP contribution in [0.4, 0.5) is 34.1 Å². The van der Waals surface area contributed by atoms with Crippen LogP contribution in [-0.4, -0.2) is 4.98 Å². The molecule has 0 spiro atoms. The van der Waals surface area contributed by atoms with Gasteiger partial charge in [0.15, 0.2) is 0 Å². The number of pyridine rings is 1. The molecule has 0 fully saturated rings. The molecule has 3 nitrogen and oxygen atoms in total. The molecule has 0 N–H and O–H groups in total. The molecular weight excluding hydrogens is 571 g/mol. The molecule has 9 rings (SSSR count). The van der Waals surface area contributed by atoms with Crippen molar-refractivity contribution in [1.29, 1.82) is 0 Å². The minimum Gasteiger partial charge on any atom is -0.306 e. The molecule has 1 aliphatic rings. The van der Waals surface area contributed by atoms with Crippen LogP contribution in [-0.2, 0) is 0 Å². The average molecular weight is 602 g/mol. The van der Waals surface area contributed by atoms with E-state index in [-0.39, 0.29) is 0 Å². The van der Waals surface area contributed by atoms with Crippen molar-refractivity contribution in [2.24, 2.45) is 0 Å². The summed E-state index contributed by atoms with van der Waals surface area (Å²) in [5.41, 5.74) is 13.3. The summed E-state index contributed by atoms with van der Waals surface area (Å²) in [7, 11) is 0. The minimum atomic E-state index is 0.956. The minimum absolute atomic E-state index is 0.956. The van der Waals surface area contributed by atoms with Crippen LogP contribution in [0, 0.1) is 6.92 Å². The predicted octanol–water partition coefficient (Wildman–Crippen LogP) is 12.3. The third kappa shape index (κ3) is 4.47. The molecule has 0 radical (unpaired) electrons. The van der Waals surface area contributed by atoms with E-state index in [2.05, 4.69) is 187 Å². The fourth-order valence-electron chi connectivity index (χ4n) is 7.03. The van der Waals surface area contributed by atoms with Crippen LogP contribution in [0.15, 0.2) is 170 Å². The zero-order chi connectivity index (χ0) is 31.3. The van der Waals surface area contributed by atoms with Gasteiger partial charge in [-0.3, -0.25) is 0 Å². The van der Waals surface area contributed by atoms with Gasteiger partial charge in [-0.05, 0) is 77.4 Å². The number of rotatable bonds is 4. The largest absolute Gasteiger partial charge is 0.306 e. The quantitative estimate of drug-likeness (QED) is 0.200. The number of nitrogens with zero attached hydrogens (tertiary/aromatic N) is 3. The van der Waals surface area contributed by atoms with Crippen molar-refractivity contribution in [1.82, 2.24) is 4.98 Å². The Morgan fingerprint density at radius 1 is 0.426 bits per heavy atom. The van der Waals surface area contributed by atoms with E-state index in [4.69, 9.17) is 4.98 Å². The number of hydrogen-bond acceptors (Lipinski definition) is 3. The summed E-state index contributed by atoms with van der Waals surface area (Å²) in [5, 5.41) is 3.58. The van der Waals surface area contributed by atoms with Crippen LogP contribution >= 0.6 is 0 Å². The van der Waals surface area contributed by atoms with Crippen molar-refractivity contribution in [3.8, 4) is 22.4 Å². The molecule has 8 aromatic rings. The van der Waals surface area contributed by atoms with Crippen LogP contribution in [0.2, 0.25) is 0 Å². The lowest BCUT2D eigenvalue weighted by molar-refractivity contribution is 1.17. The Kier molecular flexibility index (Phi) is 6.36. The molecule has 0 atom stereocenters. The molecule has 0 bridgehead atoms. The van der Waals surface area contributed by atoms with Gasteiger partial charge >= 0.3 is 0 Å². The average Bonchev–Trinajstić information content (AvgIpc) is 3.13. The third-order valence-corrected chi connectivity index (χ3v) is 9.23. The van der Waals surface area contributed by atoms with E-state index in [0.717, 1.165) is 56.3 Å². The maximum absolute atomic E-state index is 5.48. The molecule has 1 aromatic heterocycles. The molecule has 7 aromatic carbocycles. The summed E-state index contributed by atoms with van der Waals surface area (Å²) in [6.45, 7) is 2.13. The van der Waals surface area contributed by atoms with E-state index in [1.54, 1.807) is 0 Å². The van der Waals surface area contributed by atoms with Gasteiger partial charge in [0, 0.05) is 16.6 Å². The lowest BCUT2D eigenvalue weighted by Crippen LogP contribution is -2.24. The van der Waals surface area contributed by atoms with Crippen LogP contribution in [0.25, 0.3) is 44.1 Å². The Hall–Kier alpha value is -6.19. The van der Waals surface area contributed by atoms with Gasteiger partial charge in [-0.2, -0.15) is 0 Å². The zero-order valence-corrected chi connectivity index (χ0v) is 26.0. The number of benzene rings is 7. The van der Waals surface area contributed by atoms with Gasteiger partial charge in [-0.15, -0.1) is 0 Å². The predicted molar refractivity (Wildman–Crippen MR) is 198 cm³/mol. The van der Waals surface area contributed by atoms with Gasteiger partial charge in [-0.1, -0.05) is 127 Å². The normalized spacial score (nSPS) is 12.3. The Labute approximate surface area is 274 Å². The number of anilines is 6. The number of para-hydroxylation sites is 6. The van der Waals surface area contributed by atoms with Crippen molar-refractivity contribution in [3.63, 3.8) is 0 Å². The van der Waals surface area contributed by atoms with E-state index in [0.29, 0.717) is 0 Å². The van der Waals surface area contributed by atoms with Crippen molar-refractivity contribution < 1.29 is 0 Å². The first-order valence-corrected chi connectivity index (χ1v) is 16.1. The van der Waals surface area contributed by atoms with Crippen molar-refractivity contribution in [2.45, 2.75) is 6.92 Å². The first-order valence-electron chi connectivity index (χ1n) is 16.1. The second-order valence-electron chi connectivity index (χ2n) is 12.1. The molecule has 0 saturated carbocycles. The van der Waals surface area contributed by atoms with E-state index in [1.807, 2.05) is 0 Å². The van der Waals surface area contributed by atoms with Gasteiger partial charge in [-0.25, -0.2) is 4.98 Å². The fraction of sp³-hybridized carbons (Fsp3) is 0.0227. The van der Waals surface area contributed by atoms with E-state index in [1.165, 1.54) is 27.5 Å². The SMILES string of the molecule is Cc1ccc(-c2cc(-c3cccc4ccccc34)c3cccc(N4c5ccccc5N(c5ccccc5)c5ccccc54)c3n2)cc1. The second kappa shape index (κ2) is 11.0. The maximum atomic E-state index is 5.48. The topological polar surface area (TPSA) is 19.4 Å². The van der Waals surface area contributed by atoms with Crippen LogP contribution in [0.1, 0.15) is 5.56 Å². The maximum Gasteiger partial charge on any atom is 0.0956 e. The van der Waals surface area contributed by atoms with Crippen LogP contribution < -0.4 is 9.80 Å². The summed E-state index contributed by atoms with van der Waals surface area (Å²) >= 11 is 0. The van der Waals surface area contributed by atoms with Crippen LogP contribution in [0.3, 0.4) is 0 Å². The third-order valence-electron chi connectivity index (χ3n) is 9.23. The zero-order valence-electron chi connectivity index (χ0n) is 26.0. The summed E-state index contributed by atoms with van der Waals surface area (Å²) in [4.78, 5) is 10.2. The van der Waals surface area contributed by atoms with Crippen LogP contribution in [0.5, 0.6) is 0 Å². The molecule has 1 aliphatic heterocycles. The highest BCUT2D eigenvalue weighted by molar-refractivity contribution is 6.11. The number of aromatic nitrogens is 1. The highest BCUT2D eigenvalue weighted by Gasteiger charge is 2.31. The molecule has 222 valence electrons. The molecular formula is C44H31N3. The summed E-state index contributed by atoms with van der Waals surface area (Å²) < 4.78 is 0. The lowest BCUT2D eigenvalue weighted by atomic mass is 9.93. The Bertz CT molecular complexity index is 2380. The first-order chi connectivity index (χ1) is 23.2. The highest BCUT2D eigenvalue weighted by Crippen LogP contribution is 2.55. The smallest absolute Gasteiger partial charge is 0.0956 e. The molecule has 2 heterocycles. The Morgan fingerprint density at radius 3 is 1.70 bits per heavy atom. The van der Waals surface area contributed by atoms with Crippen molar-refractivity contribution in [2.75, 3.05) is 9.80 Å². The molecule has 0 amide bonds. The molecule has 3 heteroatoms. The van der Waals surface area contributed by atoms with E-state index >= 15 is 0 Å². The number of hydrogen-bond donors (Lipinski definition) is 0. The fourth-order valence-corrected chi connectivity index (χ4v) is 7.03. The second-order valence-corrected chi connectivity index (χ2v) is 12.1. The molecule has 0 aliphatic carbocycles. The van der Waals surface area contributed by atoms with Gasteiger partial charge in [0.25, 0.3) is 0 Å².